The zero-order valence-corrected chi connectivity index (χ0v) is 19.7. The van der Waals surface area contributed by atoms with E-state index in [9.17, 15) is 9.59 Å². The SMILES string of the molecule is CC(CNC(=O)c1cccn1C1CCN(C(=O)OC(C)(C)C)CC1)CN1CCCCC1. The van der Waals surface area contributed by atoms with Crippen molar-refractivity contribution in [2.75, 3.05) is 39.3 Å². The second-order valence-electron chi connectivity index (χ2n) is 10.2. The number of nitrogens with one attached hydrogen (secondary N) is 1. The van der Waals surface area contributed by atoms with E-state index in [4.69, 9.17) is 4.74 Å². The number of rotatable bonds is 6. The summed E-state index contributed by atoms with van der Waals surface area (Å²) >= 11 is 0. The number of nitrogens with zero attached hydrogens (tertiary/aromatic N) is 3. The van der Waals surface area contributed by atoms with Crippen LogP contribution in [0.4, 0.5) is 4.79 Å². The van der Waals surface area contributed by atoms with Crippen LogP contribution in [0.3, 0.4) is 0 Å². The van der Waals surface area contributed by atoms with Crippen molar-refractivity contribution in [2.45, 2.75) is 71.4 Å². The summed E-state index contributed by atoms with van der Waals surface area (Å²) in [5.41, 5.74) is 0.228. The fraction of sp³-hybridized carbons (Fsp3) is 0.750. The van der Waals surface area contributed by atoms with Crippen molar-refractivity contribution in [3.8, 4) is 0 Å². The van der Waals surface area contributed by atoms with Crippen molar-refractivity contribution in [3.63, 3.8) is 0 Å². The summed E-state index contributed by atoms with van der Waals surface area (Å²) in [4.78, 5) is 29.5. The van der Waals surface area contributed by atoms with Crippen molar-refractivity contribution >= 4 is 12.0 Å². The van der Waals surface area contributed by atoms with Crippen molar-refractivity contribution in [3.05, 3.63) is 24.0 Å². The first-order valence-corrected chi connectivity index (χ1v) is 11.9. The molecule has 1 aromatic rings. The van der Waals surface area contributed by atoms with Gasteiger partial charge in [0.15, 0.2) is 0 Å². The Bertz CT molecular complexity index is 725. The third-order valence-corrected chi connectivity index (χ3v) is 6.15. The van der Waals surface area contributed by atoms with E-state index >= 15 is 0 Å². The van der Waals surface area contributed by atoms with Crippen LogP contribution in [0.5, 0.6) is 0 Å². The zero-order chi connectivity index (χ0) is 22.4. The molecule has 1 aromatic heterocycles. The molecule has 3 rings (SSSR count). The van der Waals surface area contributed by atoms with Crippen LogP contribution < -0.4 is 5.32 Å². The second kappa shape index (κ2) is 10.5. The van der Waals surface area contributed by atoms with Crippen LogP contribution in [-0.2, 0) is 4.74 Å². The molecule has 0 spiro atoms. The molecule has 3 heterocycles. The summed E-state index contributed by atoms with van der Waals surface area (Å²) in [6, 6.07) is 4.05. The molecule has 1 N–H and O–H groups in total. The average molecular weight is 433 g/mol. The molecule has 0 aromatic carbocycles. The van der Waals surface area contributed by atoms with Crippen LogP contribution in [0, 0.1) is 5.92 Å². The molecule has 31 heavy (non-hydrogen) atoms. The topological polar surface area (TPSA) is 66.8 Å². The number of likely N-dealkylation sites (tertiary alicyclic amines) is 2. The van der Waals surface area contributed by atoms with Gasteiger partial charge in [0.25, 0.3) is 5.91 Å². The number of amides is 2. The highest BCUT2D eigenvalue weighted by molar-refractivity contribution is 5.92. The highest BCUT2D eigenvalue weighted by Crippen LogP contribution is 2.25. The molecular weight excluding hydrogens is 392 g/mol. The van der Waals surface area contributed by atoms with Crippen LogP contribution in [0.15, 0.2) is 18.3 Å². The first-order valence-electron chi connectivity index (χ1n) is 11.9. The average Bonchev–Trinajstić information content (AvgIpc) is 3.21. The van der Waals surface area contributed by atoms with Gasteiger partial charge in [-0.1, -0.05) is 13.3 Å². The van der Waals surface area contributed by atoms with Crippen LogP contribution in [0.2, 0.25) is 0 Å². The fourth-order valence-corrected chi connectivity index (χ4v) is 4.56. The Balaban J connectivity index is 1.48. The lowest BCUT2D eigenvalue weighted by Crippen LogP contribution is -2.42. The third kappa shape index (κ3) is 6.99. The largest absolute Gasteiger partial charge is 0.444 e. The number of carbonyl (C=O) groups excluding carboxylic acids is 2. The molecule has 0 aliphatic carbocycles. The van der Waals surface area contributed by atoms with E-state index in [0.29, 0.717) is 31.2 Å². The molecule has 2 fully saturated rings. The lowest BCUT2D eigenvalue weighted by Gasteiger charge is -2.34. The number of carbonyl (C=O) groups is 2. The predicted octanol–water partition coefficient (Wildman–Crippen LogP) is 3.91. The van der Waals surface area contributed by atoms with Gasteiger partial charge in [0, 0.05) is 38.4 Å². The maximum atomic E-state index is 12.9. The Kier molecular flexibility index (Phi) is 8.03. The molecular formula is C24H40N4O3. The molecule has 174 valence electrons. The lowest BCUT2D eigenvalue weighted by molar-refractivity contribution is 0.0187. The molecule has 7 nitrogen and oxygen atoms in total. The van der Waals surface area contributed by atoms with Gasteiger partial charge < -0.3 is 24.4 Å². The summed E-state index contributed by atoms with van der Waals surface area (Å²) in [5.74, 6) is 0.424. The Labute approximate surface area is 187 Å². The van der Waals surface area contributed by atoms with Gasteiger partial charge in [0.05, 0.1) is 0 Å². The van der Waals surface area contributed by atoms with E-state index < -0.39 is 5.60 Å². The highest BCUT2D eigenvalue weighted by atomic mass is 16.6. The van der Waals surface area contributed by atoms with Crippen molar-refractivity contribution < 1.29 is 14.3 Å². The number of hydrogen-bond acceptors (Lipinski definition) is 4. The maximum Gasteiger partial charge on any atom is 0.410 e. The zero-order valence-electron chi connectivity index (χ0n) is 19.7. The standard InChI is InChI=1S/C24H40N4O3/c1-19(18-26-12-6-5-7-13-26)17-25-22(29)21-9-8-14-28(21)20-10-15-27(16-11-20)23(30)31-24(2,3)4/h8-9,14,19-20H,5-7,10-13,15-18H2,1-4H3,(H,25,29). The minimum atomic E-state index is -0.481. The van der Waals surface area contributed by atoms with Crippen LogP contribution in [0.25, 0.3) is 0 Å². The minimum Gasteiger partial charge on any atom is -0.444 e. The van der Waals surface area contributed by atoms with Gasteiger partial charge in [-0.05, 0) is 77.6 Å². The normalized spacial score (nSPS) is 19.8. The number of piperidine rings is 2. The van der Waals surface area contributed by atoms with Crippen LogP contribution >= 0.6 is 0 Å². The van der Waals surface area contributed by atoms with E-state index in [1.165, 1.54) is 32.4 Å². The molecule has 2 saturated heterocycles. The van der Waals surface area contributed by atoms with Crippen molar-refractivity contribution in [1.82, 2.24) is 19.7 Å². The Morgan fingerprint density at radius 3 is 2.45 bits per heavy atom. The monoisotopic (exact) mass is 432 g/mol. The molecule has 7 heteroatoms. The quantitative estimate of drug-likeness (QED) is 0.740. The molecule has 1 unspecified atom stereocenters. The van der Waals surface area contributed by atoms with E-state index in [2.05, 4.69) is 21.7 Å². The molecule has 2 amide bonds. The summed E-state index contributed by atoms with van der Waals surface area (Å²) in [6.45, 7) is 13.3. The Hall–Kier alpha value is -2.02. The number of aromatic nitrogens is 1. The van der Waals surface area contributed by atoms with Gasteiger partial charge in [-0.25, -0.2) is 4.79 Å². The van der Waals surface area contributed by atoms with Gasteiger partial charge >= 0.3 is 6.09 Å². The molecule has 1 atom stereocenters. The van der Waals surface area contributed by atoms with E-state index in [-0.39, 0.29) is 18.0 Å². The van der Waals surface area contributed by atoms with Gasteiger partial charge in [0.2, 0.25) is 0 Å². The van der Waals surface area contributed by atoms with Crippen molar-refractivity contribution in [1.29, 1.82) is 0 Å². The first-order chi connectivity index (χ1) is 14.7. The van der Waals surface area contributed by atoms with E-state index in [1.807, 2.05) is 39.1 Å². The Morgan fingerprint density at radius 1 is 1.13 bits per heavy atom. The predicted molar refractivity (Wildman–Crippen MR) is 122 cm³/mol. The first kappa shape index (κ1) is 23.6. The second-order valence-corrected chi connectivity index (χ2v) is 10.2. The fourth-order valence-electron chi connectivity index (χ4n) is 4.56. The molecule has 0 saturated carbocycles. The molecule has 2 aliphatic rings. The maximum absolute atomic E-state index is 12.9. The van der Waals surface area contributed by atoms with Gasteiger partial charge in [-0.3, -0.25) is 4.79 Å². The minimum absolute atomic E-state index is 0.00920. The van der Waals surface area contributed by atoms with E-state index in [0.717, 1.165) is 19.4 Å². The summed E-state index contributed by atoms with van der Waals surface area (Å²) in [6.07, 6.45) is 7.30. The van der Waals surface area contributed by atoms with Gasteiger partial charge in [-0.2, -0.15) is 0 Å². The molecule has 0 radical (unpaired) electrons. The van der Waals surface area contributed by atoms with Crippen molar-refractivity contribution in [2.24, 2.45) is 5.92 Å². The summed E-state index contributed by atoms with van der Waals surface area (Å²) < 4.78 is 7.57. The van der Waals surface area contributed by atoms with Crippen LogP contribution in [0.1, 0.15) is 76.3 Å². The third-order valence-electron chi connectivity index (χ3n) is 6.15. The number of ether oxygens (including phenoxy) is 1. The van der Waals surface area contributed by atoms with E-state index in [1.54, 1.807) is 4.90 Å². The summed E-state index contributed by atoms with van der Waals surface area (Å²) in [5, 5.41) is 3.14. The summed E-state index contributed by atoms with van der Waals surface area (Å²) in [7, 11) is 0. The highest BCUT2D eigenvalue weighted by Gasteiger charge is 2.28. The van der Waals surface area contributed by atoms with Gasteiger partial charge in [-0.15, -0.1) is 0 Å². The smallest absolute Gasteiger partial charge is 0.410 e. The molecule has 0 bridgehead atoms. The molecule has 2 aliphatic heterocycles. The number of hydrogen-bond donors (Lipinski definition) is 1. The van der Waals surface area contributed by atoms with Gasteiger partial charge in [0.1, 0.15) is 11.3 Å². The lowest BCUT2D eigenvalue weighted by atomic mass is 10.0. The van der Waals surface area contributed by atoms with Crippen LogP contribution in [-0.4, -0.2) is 71.2 Å². The Morgan fingerprint density at radius 2 is 1.81 bits per heavy atom.